The van der Waals surface area contributed by atoms with Crippen LogP contribution in [0, 0.1) is 6.92 Å². The topological polar surface area (TPSA) is 64.1 Å². The molecule has 1 aromatic rings. The first-order valence-corrected chi connectivity index (χ1v) is 10.0. The quantitative estimate of drug-likeness (QED) is 0.729. The number of nitrogens with zero attached hydrogens (tertiary/aromatic N) is 3. The van der Waals surface area contributed by atoms with Gasteiger partial charge >= 0.3 is 6.09 Å². The van der Waals surface area contributed by atoms with E-state index >= 15 is 0 Å². The van der Waals surface area contributed by atoms with Crippen LogP contribution in [0.3, 0.4) is 0 Å². The lowest BCUT2D eigenvalue weighted by molar-refractivity contribution is -0.0793. The Morgan fingerprint density at radius 3 is 2.81 bits per heavy atom. The highest BCUT2D eigenvalue weighted by Gasteiger charge is 2.45. The van der Waals surface area contributed by atoms with Gasteiger partial charge in [-0.15, -0.1) is 0 Å². The number of ether oxygens (including phenoxy) is 3. The molecule has 0 radical (unpaired) electrons. The van der Waals surface area contributed by atoms with Crippen molar-refractivity contribution in [2.24, 2.45) is 0 Å². The molecule has 2 saturated heterocycles. The number of rotatable bonds is 3. The number of carbonyl (C=O) groups is 1. The Labute approximate surface area is 165 Å². The summed E-state index contributed by atoms with van der Waals surface area (Å²) in [6, 6.07) is 2.08. The first-order valence-electron chi connectivity index (χ1n) is 9.25. The van der Waals surface area contributed by atoms with Crippen molar-refractivity contribution in [1.82, 2.24) is 14.2 Å². The summed E-state index contributed by atoms with van der Waals surface area (Å²) in [7, 11) is 1.64. The molecule has 2 aliphatic heterocycles. The van der Waals surface area contributed by atoms with Gasteiger partial charge in [0.15, 0.2) is 0 Å². The third kappa shape index (κ3) is 5.06. The summed E-state index contributed by atoms with van der Waals surface area (Å²) in [6.07, 6.45) is 2.35. The van der Waals surface area contributed by atoms with Gasteiger partial charge in [0.2, 0.25) is 5.88 Å². The second-order valence-corrected chi connectivity index (χ2v) is 9.30. The largest absolute Gasteiger partial charge is 0.480 e. The average molecular weight is 396 g/mol. The van der Waals surface area contributed by atoms with Crippen molar-refractivity contribution in [2.45, 2.75) is 50.2 Å². The fourth-order valence-corrected chi connectivity index (χ4v) is 4.55. The minimum Gasteiger partial charge on any atom is -0.480 e. The van der Waals surface area contributed by atoms with Gasteiger partial charge in [-0.3, -0.25) is 0 Å². The van der Waals surface area contributed by atoms with E-state index < -0.39 is 5.60 Å². The molecule has 0 bridgehead atoms. The molecule has 0 aliphatic carbocycles. The molecule has 2 fully saturated rings. The maximum Gasteiger partial charge on any atom is 0.410 e. The minimum atomic E-state index is -0.489. The lowest BCUT2D eigenvalue weighted by Gasteiger charge is -2.39. The Morgan fingerprint density at radius 1 is 1.33 bits per heavy atom. The smallest absolute Gasteiger partial charge is 0.410 e. The zero-order valence-corrected chi connectivity index (χ0v) is 17.6. The van der Waals surface area contributed by atoms with E-state index in [-0.39, 0.29) is 11.7 Å². The van der Waals surface area contributed by atoms with Gasteiger partial charge in [-0.25, -0.2) is 14.1 Å². The number of aryl methyl sites for hydroxylation is 1. The van der Waals surface area contributed by atoms with E-state index in [2.05, 4.69) is 15.4 Å². The first-order chi connectivity index (χ1) is 12.7. The Bertz CT molecular complexity index is 694. The summed E-state index contributed by atoms with van der Waals surface area (Å²) >= 11 is 1.64. The van der Waals surface area contributed by atoms with Crippen LogP contribution in [0.15, 0.2) is 17.2 Å². The molecule has 0 N–H and O–H groups in total. The number of pyridine rings is 1. The number of carbonyl (C=O) groups excluding carboxylic acids is 1. The molecule has 1 atom stereocenters. The number of hydrogen-bond donors (Lipinski definition) is 0. The fraction of sp³-hybridized carbons (Fsp3) is 0.684. The SMILES string of the molecule is COc1ncc(C)cc1SN1CCOC2(CCN(C(=O)OC(C)(C)C)C2)C1. The Morgan fingerprint density at radius 2 is 2.11 bits per heavy atom. The standard InChI is InChI=1S/C19H29N3O4S/c1-14-10-15(16(24-5)20-11-14)27-22-8-9-25-19(13-22)6-7-21(12-19)17(23)26-18(2,3)4/h10-11H,6-9,12-13H2,1-5H3. The molecule has 3 heterocycles. The maximum atomic E-state index is 12.4. The molecular formula is C19H29N3O4S. The molecule has 7 nitrogen and oxygen atoms in total. The molecular weight excluding hydrogens is 366 g/mol. The second-order valence-electron chi connectivity index (χ2n) is 8.16. The van der Waals surface area contributed by atoms with Crippen molar-refractivity contribution in [1.29, 1.82) is 0 Å². The van der Waals surface area contributed by atoms with Gasteiger partial charge in [0.25, 0.3) is 0 Å². The molecule has 27 heavy (non-hydrogen) atoms. The summed E-state index contributed by atoms with van der Waals surface area (Å²) in [5, 5.41) is 0. The van der Waals surface area contributed by atoms with Crippen molar-refractivity contribution in [3.8, 4) is 5.88 Å². The third-order valence-corrected chi connectivity index (χ3v) is 5.62. The predicted octanol–water partition coefficient (Wildman–Crippen LogP) is 3.12. The highest BCUT2D eigenvalue weighted by molar-refractivity contribution is 7.97. The molecule has 8 heteroatoms. The molecule has 0 aromatic carbocycles. The van der Waals surface area contributed by atoms with Crippen molar-refractivity contribution in [3.05, 3.63) is 17.8 Å². The second kappa shape index (κ2) is 7.85. The minimum absolute atomic E-state index is 0.266. The van der Waals surface area contributed by atoms with Crippen molar-refractivity contribution >= 4 is 18.0 Å². The zero-order valence-electron chi connectivity index (χ0n) is 16.8. The van der Waals surface area contributed by atoms with Crippen LogP contribution in [0.4, 0.5) is 4.79 Å². The molecule has 1 amide bonds. The van der Waals surface area contributed by atoms with Crippen molar-refractivity contribution in [2.75, 3.05) is 39.9 Å². The number of morpholine rings is 1. The van der Waals surface area contributed by atoms with Crippen LogP contribution >= 0.6 is 11.9 Å². The Hall–Kier alpha value is -1.51. The molecule has 1 unspecified atom stereocenters. The lowest BCUT2D eigenvalue weighted by Crippen LogP contribution is -2.51. The van der Waals surface area contributed by atoms with Gasteiger partial charge in [-0.2, -0.15) is 0 Å². The molecule has 1 aromatic heterocycles. The first kappa shape index (κ1) is 20.2. The van der Waals surface area contributed by atoms with Crippen LogP contribution in [-0.4, -0.2) is 71.4 Å². The normalized spacial score (nSPS) is 23.7. The number of aromatic nitrogens is 1. The number of methoxy groups -OCH3 is 1. The highest BCUT2D eigenvalue weighted by atomic mass is 32.2. The van der Waals surface area contributed by atoms with Gasteiger partial charge in [0, 0.05) is 25.8 Å². The van der Waals surface area contributed by atoms with E-state index in [0.29, 0.717) is 25.6 Å². The Balaban J connectivity index is 1.65. The number of hydrogen-bond acceptors (Lipinski definition) is 7. The summed E-state index contributed by atoms with van der Waals surface area (Å²) in [6.45, 7) is 11.1. The number of amides is 1. The molecule has 3 rings (SSSR count). The summed E-state index contributed by atoms with van der Waals surface area (Å²) < 4.78 is 19.3. The van der Waals surface area contributed by atoms with E-state index in [1.165, 1.54) is 0 Å². The average Bonchev–Trinajstić information content (AvgIpc) is 2.97. The fourth-order valence-electron chi connectivity index (χ4n) is 3.35. The van der Waals surface area contributed by atoms with Crippen molar-refractivity contribution < 1.29 is 19.0 Å². The summed E-state index contributed by atoms with van der Waals surface area (Å²) in [4.78, 5) is 19.5. The van der Waals surface area contributed by atoms with Gasteiger partial charge in [0.1, 0.15) is 11.2 Å². The third-order valence-electron chi connectivity index (χ3n) is 4.56. The van der Waals surface area contributed by atoms with Gasteiger partial charge in [-0.1, -0.05) is 0 Å². The van der Waals surface area contributed by atoms with Gasteiger partial charge in [0.05, 0.1) is 25.2 Å². The monoisotopic (exact) mass is 395 g/mol. The van der Waals surface area contributed by atoms with Crippen molar-refractivity contribution in [3.63, 3.8) is 0 Å². The van der Waals surface area contributed by atoms with Crippen LogP contribution < -0.4 is 4.74 Å². The van der Waals surface area contributed by atoms with Crippen LogP contribution in [-0.2, 0) is 9.47 Å². The van der Waals surface area contributed by atoms with E-state index in [0.717, 1.165) is 30.0 Å². The van der Waals surface area contributed by atoms with Gasteiger partial charge < -0.3 is 19.1 Å². The van der Waals surface area contributed by atoms with Crippen LogP contribution in [0.5, 0.6) is 5.88 Å². The summed E-state index contributed by atoms with van der Waals surface area (Å²) in [5.74, 6) is 0.632. The highest BCUT2D eigenvalue weighted by Crippen LogP contribution is 2.37. The summed E-state index contributed by atoms with van der Waals surface area (Å²) in [5.41, 5.74) is 0.266. The zero-order chi connectivity index (χ0) is 19.7. The Kier molecular flexibility index (Phi) is 5.88. The van der Waals surface area contributed by atoms with E-state index in [1.54, 1.807) is 30.2 Å². The van der Waals surface area contributed by atoms with Crippen LogP contribution in [0.1, 0.15) is 32.8 Å². The molecule has 0 saturated carbocycles. The number of likely N-dealkylation sites (tertiary alicyclic amines) is 1. The predicted molar refractivity (Wildman–Crippen MR) is 104 cm³/mol. The lowest BCUT2D eigenvalue weighted by atomic mass is 10.0. The van der Waals surface area contributed by atoms with E-state index in [4.69, 9.17) is 14.2 Å². The van der Waals surface area contributed by atoms with Gasteiger partial charge in [-0.05, 0) is 57.7 Å². The van der Waals surface area contributed by atoms with Crippen LogP contribution in [0.25, 0.3) is 0 Å². The molecule has 150 valence electrons. The maximum absolute atomic E-state index is 12.4. The molecule has 1 spiro atoms. The van der Waals surface area contributed by atoms with E-state index in [1.807, 2.05) is 27.7 Å². The van der Waals surface area contributed by atoms with Crippen LogP contribution in [0.2, 0.25) is 0 Å². The van der Waals surface area contributed by atoms with E-state index in [9.17, 15) is 4.79 Å². The molecule has 2 aliphatic rings.